The summed E-state index contributed by atoms with van der Waals surface area (Å²) in [6.45, 7) is 0. The van der Waals surface area contributed by atoms with Crippen LogP contribution in [0.25, 0.3) is 188 Å². The van der Waals surface area contributed by atoms with Gasteiger partial charge in [-0.1, -0.05) is 200 Å². The van der Waals surface area contributed by atoms with Gasteiger partial charge in [0.2, 0.25) is 5.78 Å². The van der Waals surface area contributed by atoms with Crippen molar-refractivity contribution >= 4 is 98.6 Å². The van der Waals surface area contributed by atoms with E-state index in [2.05, 4.69) is 361 Å². The molecule has 0 aliphatic heterocycles. The number of para-hydroxylation sites is 6. The van der Waals surface area contributed by atoms with Crippen LogP contribution in [0.1, 0.15) is 0 Å². The molecule has 0 amide bonds. The van der Waals surface area contributed by atoms with Crippen LogP contribution in [0.2, 0.25) is 0 Å². The molecule has 0 atom stereocenters. The number of pyridine rings is 1. The molecule has 496 valence electrons. The third-order valence-electron chi connectivity index (χ3n) is 21.2. The van der Waals surface area contributed by atoms with E-state index in [-0.39, 0.29) is 0 Å². The molecule has 0 bridgehead atoms. The van der Waals surface area contributed by atoms with Crippen LogP contribution in [0.4, 0.5) is 0 Å². The van der Waals surface area contributed by atoms with Crippen molar-refractivity contribution in [2.45, 2.75) is 0 Å². The van der Waals surface area contributed by atoms with Crippen LogP contribution >= 0.6 is 0 Å². The van der Waals surface area contributed by atoms with E-state index in [4.69, 9.17) is 9.97 Å². The molecule has 9 heteroatoms. The Morgan fingerprint density at radius 2 is 0.481 bits per heavy atom. The third-order valence-corrected chi connectivity index (χ3v) is 21.2. The molecule has 8 aromatic heterocycles. The maximum Gasteiger partial charge on any atom is 0.234 e. The van der Waals surface area contributed by atoms with E-state index in [1.807, 2.05) is 47.3 Å². The lowest BCUT2D eigenvalue weighted by molar-refractivity contribution is 1.11. The predicted molar refractivity (Wildman–Crippen MR) is 438 cm³/mol. The number of benzene rings is 14. The minimum absolute atomic E-state index is 0.699. The Balaban J connectivity index is 0.000000136. The second kappa shape index (κ2) is 24.7. The fraction of sp³-hybridized carbons (Fsp3) is 0. The van der Waals surface area contributed by atoms with Crippen molar-refractivity contribution in [2.75, 3.05) is 0 Å². The van der Waals surface area contributed by atoms with Crippen LogP contribution in [-0.2, 0) is 0 Å². The van der Waals surface area contributed by atoms with Gasteiger partial charge in [-0.25, -0.2) is 15.0 Å². The fourth-order valence-electron chi connectivity index (χ4n) is 16.2. The largest absolute Gasteiger partial charge is 0.309 e. The Morgan fingerprint density at radius 1 is 0.198 bits per heavy atom. The van der Waals surface area contributed by atoms with Gasteiger partial charge < -0.3 is 22.7 Å². The van der Waals surface area contributed by atoms with Gasteiger partial charge in [-0.05, 0) is 196 Å². The van der Waals surface area contributed by atoms with Crippen LogP contribution in [0.5, 0.6) is 0 Å². The van der Waals surface area contributed by atoms with Crippen molar-refractivity contribution in [2.24, 2.45) is 0 Å². The van der Waals surface area contributed by atoms with Gasteiger partial charge in [-0.3, -0.25) is 4.40 Å². The fourth-order valence-corrected chi connectivity index (χ4v) is 16.2. The normalized spacial score (nSPS) is 11.8. The first-order valence-corrected chi connectivity index (χ1v) is 35.9. The molecule has 8 heterocycles. The van der Waals surface area contributed by atoms with E-state index >= 15 is 0 Å². The Morgan fingerprint density at radius 3 is 0.849 bits per heavy atom. The highest BCUT2D eigenvalue weighted by Gasteiger charge is 2.21. The van der Waals surface area contributed by atoms with Crippen LogP contribution in [0.15, 0.2) is 383 Å². The van der Waals surface area contributed by atoms with Crippen molar-refractivity contribution in [3.05, 3.63) is 383 Å². The summed E-state index contributed by atoms with van der Waals surface area (Å²) in [5.41, 5.74) is 28.7. The molecule has 106 heavy (non-hydrogen) atoms. The molecule has 0 saturated heterocycles. The average Bonchev–Trinajstić information content (AvgIpc) is 1.59. The zero-order chi connectivity index (χ0) is 69.8. The van der Waals surface area contributed by atoms with E-state index in [1.54, 1.807) is 6.20 Å². The molecule has 22 rings (SSSR count). The Labute approximate surface area is 609 Å². The van der Waals surface area contributed by atoms with Crippen LogP contribution in [0, 0.1) is 0 Å². The SMILES string of the molecule is c1ccc(-n2c3ccccc3c3cc(-c4ccc5c(c4)c4cc(-c6ccc(-c7cn8ccccc8n7)cc6)ccc4n5-c4ccccc4)ccc32)cc1.c1ccc(-n2c3ccccc3c3cc(-c4ccc5c(c4)c4cc(-c6ccc(-c7cn8cccnc8n7)cc6)ccc4n5-c4ccccc4)ccc32)cc1. The summed E-state index contributed by atoms with van der Waals surface area (Å²) in [4.78, 5) is 13.9. The van der Waals surface area contributed by atoms with Gasteiger partial charge in [-0.2, -0.15) is 0 Å². The number of nitrogens with zero attached hydrogens (tertiary/aromatic N) is 9. The van der Waals surface area contributed by atoms with Crippen molar-refractivity contribution in [1.29, 1.82) is 0 Å². The number of fused-ring (bicyclic) bond motifs is 14. The Bertz CT molecular complexity index is 6660. The summed E-state index contributed by atoms with van der Waals surface area (Å²) in [6.07, 6.45) is 9.90. The summed E-state index contributed by atoms with van der Waals surface area (Å²) in [7, 11) is 0. The number of hydrogen-bond acceptors (Lipinski definition) is 3. The smallest absolute Gasteiger partial charge is 0.234 e. The van der Waals surface area contributed by atoms with Gasteiger partial charge in [0, 0.05) is 108 Å². The maximum absolute atomic E-state index is 4.83. The second-order valence-corrected chi connectivity index (χ2v) is 27.3. The summed E-state index contributed by atoms with van der Waals surface area (Å²) >= 11 is 0. The Kier molecular flexibility index (Phi) is 14.1. The zero-order valence-electron chi connectivity index (χ0n) is 57.4. The molecule has 0 N–H and O–H groups in total. The lowest BCUT2D eigenvalue weighted by Crippen LogP contribution is -1.93. The molecular formula is C97H63N9. The number of rotatable bonds is 10. The van der Waals surface area contributed by atoms with Gasteiger partial charge >= 0.3 is 0 Å². The van der Waals surface area contributed by atoms with Crippen molar-refractivity contribution in [3.8, 4) is 89.8 Å². The number of hydrogen-bond donors (Lipinski definition) is 0. The van der Waals surface area contributed by atoms with Crippen LogP contribution in [-0.4, -0.2) is 42.0 Å². The van der Waals surface area contributed by atoms with E-state index in [0.717, 1.165) is 45.1 Å². The van der Waals surface area contributed by atoms with Gasteiger partial charge in [0.1, 0.15) is 5.65 Å². The molecule has 0 aliphatic rings. The first kappa shape index (κ1) is 60.4. The summed E-state index contributed by atoms with van der Waals surface area (Å²) in [6, 6.07) is 127. The first-order valence-electron chi connectivity index (χ1n) is 35.9. The second-order valence-electron chi connectivity index (χ2n) is 27.3. The highest BCUT2D eigenvalue weighted by molar-refractivity contribution is 6.16. The predicted octanol–water partition coefficient (Wildman–Crippen LogP) is 24.5. The molecule has 0 aliphatic carbocycles. The van der Waals surface area contributed by atoms with E-state index < -0.39 is 0 Å². The van der Waals surface area contributed by atoms with Gasteiger partial charge in [-0.15, -0.1) is 0 Å². The topological polar surface area (TPSA) is 67.2 Å². The lowest BCUT2D eigenvalue weighted by atomic mass is 9.98. The molecule has 0 saturated carbocycles. The van der Waals surface area contributed by atoms with Crippen molar-refractivity contribution < 1.29 is 0 Å². The van der Waals surface area contributed by atoms with Gasteiger partial charge in [0.15, 0.2) is 0 Å². The highest BCUT2D eigenvalue weighted by Crippen LogP contribution is 2.43. The van der Waals surface area contributed by atoms with Crippen LogP contribution < -0.4 is 0 Å². The molecule has 0 unspecified atom stereocenters. The average molecular weight is 1350 g/mol. The maximum atomic E-state index is 4.83. The minimum Gasteiger partial charge on any atom is -0.309 e. The highest BCUT2D eigenvalue weighted by atomic mass is 15.1. The molecule has 22 aromatic rings. The molecule has 0 fully saturated rings. The van der Waals surface area contributed by atoms with Gasteiger partial charge in [0.25, 0.3) is 0 Å². The van der Waals surface area contributed by atoms with E-state index in [9.17, 15) is 0 Å². The molecule has 9 nitrogen and oxygen atoms in total. The minimum atomic E-state index is 0.699. The molecule has 0 spiro atoms. The summed E-state index contributed by atoms with van der Waals surface area (Å²) < 4.78 is 13.5. The lowest BCUT2D eigenvalue weighted by Gasteiger charge is -2.09. The Hall–Kier alpha value is -14.4. The van der Waals surface area contributed by atoms with E-state index in [1.165, 1.54) is 138 Å². The molecular weight excluding hydrogens is 1290 g/mol. The number of imidazole rings is 2. The van der Waals surface area contributed by atoms with Crippen molar-refractivity contribution in [3.63, 3.8) is 0 Å². The monoisotopic (exact) mass is 1350 g/mol. The standard InChI is InChI=1S/C49H32N4.C48H31N5/c1-3-11-38(12-4-1)52-45-16-8-7-15-40(45)41-30-36(23-26-46(41)52)37-24-27-48-43(31-37)42-29-35(22-25-47(42)53(48)39-13-5-2-6-14-39)33-18-20-34(21-19-33)44-32-51-28-10-9-17-49(51)50-44;1-3-10-37(11-4-1)52-44-15-8-7-14-39(44)40-29-35(21-24-45(40)52)36-22-25-47-42(30-36)41-28-34(20-23-46(41)53(47)38-12-5-2-6-13-38)32-16-18-33(19-17-32)43-31-51-27-9-26-49-48(51)50-43/h1-32H;1-31H. The molecule has 0 radical (unpaired) electrons. The quantitative estimate of drug-likeness (QED) is 0.137. The summed E-state index contributed by atoms with van der Waals surface area (Å²) in [5.74, 6) is 0.699. The third kappa shape index (κ3) is 10.1. The summed E-state index contributed by atoms with van der Waals surface area (Å²) in [5, 5.41) is 9.92. The number of aromatic nitrogens is 9. The van der Waals surface area contributed by atoms with Crippen LogP contribution in [0.3, 0.4) is 0 Å². The van der Waals surface area contributed by atoms with Gasteiger partial charge in [0.05, 0.1) is 55.5 Å². The van der Waals surface area contributed by atoms with E-state index in [0.29, 0.717) is 5.78 Å². The first-order chi connectivity index (χ1) is 52.5. The molecule has 14 aromatic carbocycles. The zero-order valence-corrected chi connectivity index (χ0v) is 57.4. The van der Waals surface area contributed by atoms with Crippen molar-refractivity contribution in [1.82, 2.24) is 42.0 Å².